The van der Waals surface area contributed by atoms with E-state index in [1.54, 1.807) is 18.2 Å². The number of halogens is 1. The summed E-state index contributed by atoms with van der Waals surface area (Å²) in [5, 5.41) is 4.85. The van der Waals surface area contributed by atoms with Crippen LogP contribution in [-0.2, 0) is 24.0 Å². The molecule has 0 radical (unpaired) electrons. The maximum atomic E-state index is 14.0. The Labute approximate surface area is 128 Å². The summed E-state index contributed by atoms with van der Waals surface area (Å²) in [6, 6.07) is 6.20. The molecule has 1 saturated carbocycles. The maximum absolute atomic E-state index is 14.0. The molecule has 2 atom stereocenters. The van der Waals surface area contributed by atoms with Gasteiger partial charge in [0.25, 0.3) is 0 Å². The average Bonchev–Trinajstić information content (AvgIpc) is 3.04. The molecule has 0 bridgehead atoms. The fraction of sp³-hybridized carbons (Fsp3) is 0.571. The maximum Gasteiger partial charge on any atom is 0.333 e. The quantitative estimate of drug-likeness (QED) is 0.908. The summed E-state index contributed by atoms with van der Waals surface area (Å²) >= 11 is 0. The molecule has 2 N–H and O–H groups in total. The number of hydrogen-bond donors (Lipinski definition) is 1. The standard InChI is InChI=1S/C14H18FNO5S/c15-11-6-2-1-5-10(11)13-12(9-19-22(16,17)18)20-14(21-13)7-3-4-8-14/h1-2,5-6,12-13H,3-4,7-9H2,(H2,16,17,18)/t12-,13-/m1/s1. The predicted molar refractivity (Wildman–Crippen MR) is 75.4 cm³/mol. The molecular weight excluding hydrogens is 313 g/mol. The Kier molecular flexibility index (Phi) is 4.21. The molecule has 22 heavy (non-hydrogen) atoms. The molecule has 1 aromatic rings. The Morgan fingerprint density at radius 1 is 1.27 bits per heavy atom. The molecule has 1 aromatic carbocycles. The van der Waals surface area contributed by atoms with E-state index in [2.05, 4.69) is 4.18 Å². The SMILES string of the molecule is NS(=O)(=O)OC[C@H]1OC2(CCCC2)O[C@@H]1c1ccccc1F. The molecule has 1 aliphatic heterocycles. The van der Waals surface area contributed by atoms with Crippen LogP contribution in [0.3, 0.4) is 0 Å². The van der Waals surface area contributed by atoms with E-state index in [9.17, 15) is 12.8 Å². The zero-order valence-corrected chi connectivity index (χ0v) is 12.7. The largest absolute Gasteiger partial charge is 0.341 e. The van der Waals surface area contributed by atoms with E-state index in [1.165, 1.54) is 6.07 Å². The minimum atomic E-state index is -4.09. The third kappa shape index (κ3) is 3.31. The second kappa shape index (κ2) is 5.86. The van der Waals surface area contributed by atoms with Crippen LogP contribution in [0.4, 0.5) is 4.39 Å². The molecule has 0 amide bonds. The smallest absolute Gasteiger partial charge is 0.333 e. The van der Waals surface area contributed by atoms with Gasteiger partial charge in [-0.2, -0.15) is 8.42 Å². The summed E-state index contributed by atoms with van der Waals surface area (Å²) in [6.45, 7) is -0.306. The number of hydrogen-bond acceptors (Lipinski definition) is 5. The van der Waals surface area contributed by atoms with Crippen molar-refractivity contribution in [1.29, 1.82) is 0 Å². The van der Waals surface area contributed by atoms with Gasteiger partial charge in [-0.25, -0.2) is 9.53 Å². The second-order valence-corrected chi connectivity index (χ2v) is 6.83. The number of ether oxygens (including phenoxy) is 2. The molecule has 0 aromatic heterocycles. The van der Waals surface area contributed by atoms with Crippen LogP contribution in [0.5, 0.6) is 0 Å². The molecule has 2 fully saturated rings. The van der Waals surface area contributed by atoms with E-state index in [0.717, 1.165) is 12.8 Å². The lowest BCUT2D eigenvalue weighted by Gasteiger charge is -2.22. The average molecular weight is 331 g/mol. The van der Waals surface area contributed by atoms with Crippen LogP contribution >= 0.6 is 0 Å². The van der Waals surface area contributed by atoms with Gasteiger partial charge in [0.2, 0.25) is 0 Å². The Balaban J connectivity index is 1.85. The Morgan fingerprint density at radius 3 is 2.59 bits per heavy atom. The molecule has 8 heteroatoms. The number of nitrogens with two attached hydrogens (primary N) is 1. The summed E-state index contributed by atoms with van der Waals surface area (Å²) in [6.07, 6.45) is 1.85. The van der Waals surface area contributed by atoms with Crippen molar-refractivity contribution in [2.75, 3.05) is 6.61 Å². The van der Waals surface area contributed by atoms with E-state index in [-0.39, 0.29) is 6.61 Å². The van der Waals surface area contributed by atoms with E-state index in [0.29, 0.717) is 18.4 Å². The van der Waals surface area contributed by atoms with Crippen LogP contribution in [0.15, 0.2) is 24.3 Å². The minimum Gasteiger partial charge on any atom is -0.341 e. The van der Waals surface area contributed by atoms with E-state index in [1.807, 2.05) is 0 Å². The normalized spacial score (nSPS) is 27.5. The van der Waals surface area contributed by atoms with Crippen molar-refractivity contribution in [2.45, 2.75) is 43.7 Å². The first-order valence-corrected chi connectivity index (χ1v) is 8.63. The molecule has 3 rings (SSSR count). The summed E-state index contributed by atoms with van der Waals surface area (Å²) in [4.78, 5) is 0. The van der Waals surface area contributed by atoms with Crippen molar-refractivity contribution in [1.82, 2.24) is 0 Å². The van der Waals surface area contributed by atoms with Gasteiger partial charge in [-0.1, -0.05) is 18.2 Å². The second-order valence-electron chi connectivity index (χ2n) is 5.61. The fourth-order valence-electron chi connectivity index (χ4n) is 3.08. The first kappa shape index (κ1) is 15.8. The number of benzene rings is 1. The van der Waals surface area contributed by atoms with Gasteiger partial charge in [-0.3, -0.25) is 4.18 Å². The monoisotopic (exact) mass is 331 g/mol. The molecule has 6 nitrogen and oxygen atoms in total. The van der Waals surface area contributed by atoms with Gasteiger partial charge in [0.1, 0.15) is 18.0 Å². The van der Waals surface area contributed by atoms with Crippen molar-refractivity contribution in [3.63, 3.8) is 0 Å². The highest BCUT2D eigenvalue weighted by atomic mass is 32.2. The van der Waals surface area contributed by atoms with Crippen molar-refractivity contribution in [2.24, 2.45) is 5.14 Å². The molecule has 1 saturated heterocycles. The van der Waals surface area contributed by atoms with Gasteiger partial charge in [-0.15, -0.1) is 0 Å². The topological polar surface area (TPSA) is 87.9 Å². The van der Waals surface area contributed by atoms with Gasteiger partial charge in [0.05, 0.1) is 6.61 Å². The van der Waals surface area contributed by atoms with Crippen LogP contribution < -0.4 is 5.14 Å². The zero-order chi connectivity index (χ0) is 15.8. The Bertz CT molecular complexity index is 644. The third-order valence-corrected chi connectivity index (χ3v) is 4.48. The first-order valence-electron chi connectivity index (χ1n) is 7.16. The molecule has 1 spiro atoms. The van der Waals surface area contributed by atoms with Crippen LogP contribution in [-0.4, -0.2) is 26.9 Å². The lowest BCUT2D eigenvalue weighted by Crippen LogP contribution is -2.29. The van der Waals surface area contributed by atoms with Crippen LogP contribution in [0.25, 0.3) is 0 Å². The summed E-state index contributed by atoms with van der Waals surface area (Å²) < 4.78 is 52.5. The third-order valence-electron chi connectivity index (χ3n) is 4.02. The lowest BCUT2D eigenvalue weighted by atomic mass is 10.0. The molecular formula is C14H18FNO5S. The Morgan fingerprint density at radius 2 is 1.95 bits per heavy atom. The van der Waals surface area contributed by atoms with Crippen molar-refractivity contribution in [3.05, 3.63) is 35.6 Å². The van der Waals surface area contributed by atoms with Gasteiger partial charge < -0.3 is 9.47 Å². The molecule has 0 unspecified atom stereocenters. The van der Waals surface area contributed by atoms with Gasteiger partial charge in [0, 0.05) is 18.4 Å². The zero-order valence-electron chi connectivity index (χ0n) is 11.9. The highest BCUT2D eigenvalue weighted by Gasteiger charge is 2.50. The van der Waals surface area contributed by atoms with E-state index in [4.69, 9.17) is 14.6 Å². The molecule has 1 heterocycles. The van der Waals surface area contributed by atoms with Crippen LogP contribution in [0, 0.1) is 5.82 Å². The van der Waals surface area contributed by atoms with E-state index < -0.39 is 34.1 Å². The van der Waals surface area contributed by atoms with Crippen molar-refractivity contribution >= 4 is 10.3 Å². The van der Waals surface area contributed by atoms with Gasteiger partial charge in [-0.05, 0) is 18.9 Å². The molecule has 2 aliphatic rings. The van der Waals surface area contributed by atoms with E-state index >= 15 is 0 Å². The van der Waals surface area contributed by atoms with Crippen LogP contribution in [0.2, 0.25) is 0 Å². The first-order chi connectivity index (χ1) is 10.4. The summed E-state index contributed by atoms with van der Waals surface area (Å²) in [7, 11) is -4.09. The number of rotatable bonds is 4. The molecule has 1 aliphatic carbocycles. The summed E-state index contributed by atoms with van der Waals surface area (Å²) in [5.74, 6) is -1.20. The van der Waals surface area contributed by atoms with Gasteiger partial charge >= 0.3 is 10.3 Å². The summed E-state index contributed by atoms with van der Waals surface area (Å²) in [5.41, 5.74) is 0.328. The highest BCUT2D eigenvalue weighted by Crippen LogP contribution is 2.47. The fourth-order valence-corrected chi connectivity index (χ4v) is 3.40. The van der Waals surface area contributed by atoms with Crippen molar-refractivity contribution in [3.8, 4) is 0 Å². The predicted octanol–water partition coefficient (Wildman–Crippen LogP) is 1.77. The Hall–Kier alpha value is -1.06. The highest BCUT2D eigenvalue weighted by molar-refractivity contribution is 7.84. The lowest BCUT2D eigenvalue weighted by molar-refractivity contribution is -0.171. The van der Waals surface area contributed by atoms with Crippen molar-refractivity contribution < 1.29 is 26.5 Å². The molecule has 122 valence electrons. The van der Waals surface area contributed by atoms with Gasteiger partial charge in [0.15, 0.2) is 5.79 Å². The van der Waals surface area contributed by atoms with Crippen LogP contribution in [0.1, 0.15) is 37.4 Å². The minimum absolute atomic E-state index is 0.306.